The third-order valence-electron chi connectivity index (χ3n) is 3.03. The molecule has 0 atom stereocenters. The number of H-pyrrole nitrogens is 1. The van der Waals surface area contributed by atoms with Gasteiger partial charge in [-0.2, -0.15) is 5.10 Å². The molecule has 1 heterocycles. The van der Waals surface area contributed by atoms with Crippen molar-refractivity contribution in [3.8, 4) is 0 Å². The van der Waals surface area contributed by atoms with Gasteiger partial charge in [0, 0.05) is 24.8 Å². The average molecular weight is 237 g/mol. The van der Waals surface area contributed by atoms with Crippen LogP contribution in [0.1, 0.15) is 11.1 Å². The van der Waals surface area contributed by atoms with Gasteiger partial charge in [-0.1, -0.05) is 36.4 Å². The maximum absolute atomic E-state index is 3.92. The lowest BCUT2D eigenvalue weighted by Crippen LogP contribution is -2.12. The number of nitrogens with one attached hydrogen (secondary N) is 2. The van der Waals surface area contributed by atoms with E-state index >= 15 is 0 Å². The van der Waals surface area contributed by atoms with Crippen LogP contribution in [0, 0.1) is 0 Å². The molecule has 0 aliphatic heterocycles. The predicted molar refractivity (Wildman–Crippen MR) is 73.1 cm³/mol. The number of fused-ring (bicyclic) bond motifs is 1. The Labute approximate surface area is 106 Å². The highest BCUT2D eigenvalue weighted by Crippen LogP contribution is 2.15. The first-order chi connectivity index (χ1) is 8.92. The van der Waals surface area contributed by atoms with Crippen LogP contribution in [0.15, 0.2) is 54.9 Å². The van der Waals surface area contributed by atoms with Crippen LogP contribution in [0.4, 0.5) is 0 Å². The van der Waals surface area contributed by atoms with E-state index in [1.165, 1.54) is 21.9 Å². The van der Waals surface area contributed by atoms with E-state index in [0.29, 0.717) is 0 Å². The van der Waals surface area contributed by atoms with Crippen LogP contribution in [-0.4, -0.2) is 10.2 Å². The lowest BCUT2D eigenvalue weighted by molar-refractivity contribution is 0.694. The summed E-state index contributed by atoms with van der Waals surface area (Å²) in [4.78, 5) is 0. The minimum absolute atomic E-state index is 0.837. The van der Waals surface area contributed by atoms with Gasteiger partial charge in [0.1, 0.15) is 0 Å². The van der Waals surface area contributed by atoms with Gasteiger partial charge in [-0.25, -0.2) is 0 Å². The lowest BCUT2D eigenvalue weighted by atomic mass is 10.1. The van der Waals surface area contributed by atoms with Crippen molar-refractivity contribution in [3.63, 3.8) is 0 Å². The highest BCUT2D eigenvalue weighted by molar-refractivity contribution is 5.82. The van der Waals surface area contributed by atoms with E-state index in [-0.39, 0.29) is 0 Å². The predicted octanol–water partition coefficient (Wildman–Crippen LogP) is 2.85. The zero-order valence-corrected chi connectivity index (χ0v) is 10.1. The van der Waals surface area contributed by atoms with Gasteiger partial charge in [-0.3, -0.25) is 5.10 Å². The van der Waals surface area contributed by atoms with E-state index in [9.17, 15) is 0 Å². The van der Waals surface area contributed by atoms with Crippen LogP contribution in [0.3, 0.4) is 0 Å². The summed E-state index contributed by atoms with van der Waals surface area (Å²) in [6.45, 7) is 1.71. The largest absolute Gasteiger partial charge is 0.309 e. The molecule has 0 saturated heterocycles. The zero-order valence-electron chi connectivity index (χ0n) is 10.1. The summed E-state index contributed by atoms with van der Waals surface area (Å²) in [5.74, 6) is 0. The fourth-order valence-electron chi connectivity index (χ4n) is 2.07. The fourth-order valence-corrected chi connectivity index (χ4v) is 2.07. The fraction of sp³-hybridized carbons (Fsp3) is 0.133. The van der Waals surface area contributed by atoms with Crippen molar-refractivity contribution in [2.24, 2.45) is 0 Å². The minimum Gasteiger partial charge on any atom is -0.309 e. The van der Waals surface area contributed by atoms with Crippen molar-refractivity contribution in [1.29, 1.82) is 0 Å². The molecule has 3 nitrogen and oxygen atoms in total. The molecule has 0 aliphatic rings. The number of aromatic nitrogens is 2. The summed E-state index contributed by atoms with van der Waals surface area (Å²) >= 11 is 0. The molecule has 0 bridgehead atoms. The number of benzene rings is 2. The Morgan fingerprint density at radius 1 is 0.944 bits per heavy atom. The number of nitrogens with zero attached hydrogens (tertiary/aromatic N) is 1. The first-order valence-electron chi connectivity index (χ1n) is 6.08. The van der Waals surface area contributed by atoms with E-state index in [4.69, 9.17) is 0 Å². The molecule has 1 aromatic heterocycles. The normalized spacial score (nSPS) is 10.9. The van der Waals surface area contributed by atoms with Crippen LogP contribution >= 0.6 is 0 Å². The van der Waals surface area contributed by atoms with Gasteiger partial charge in [0.15, 0.2) is 0 Å². The van der Waals surface area contributed by atoms with Crippen molar-refractivity contribution in [2.45, 2.75) is 13.1 Å². The number of hydrogen-bond acceptors (Lipinski definition) is 2. The molecule has 0 radical (unpaired) electrons. The number of rotatable bonds is 4. The molecule has 0 fully saturated rings. The van der Waals surface area contributed by atoms with Gasteiger partial charge in [0.25, 0.3) is 0 Å². The molecule has 3 aromatic rings. The molecule has 3 rings (SSSR count). The third kappa shape index (κ3) is 2.41. The van der Waals surface area contributed by atoms with Crippen LogP contribution in [0.5, 0.6) is 0 Å². The van der Waals surface area contributed by atoms with Crippen molar-refractivity contribution in [2.75, 3.05) is 0 Å². The highest BCUT2D eigenvalue weighted by Gasteiger charge is 1.97. The summed E-state index contributed by atoms with van der Waals surface area (Å²) in [5.41, 5.74) is 2.48. The van der Waals surface area contributed by atoms with E-state index in [1.807, 2.05) is 12.4 Å². The van der Waals surface area contributed by atoms with Crippen molar-refractivity contribution < 1.29 is 0 Å². The molecule has 2 N–H and O–H groups in total. The van der Waals surface area contributed by atoms with E-state index in [2.05, 4.69) is 58.0 Å². The second-order valence-electron chi connectivity index (χ2n) is 4.39. The summed E-state index contributed by atoms with van der Waals surface area (Å²) < 4.78 is 0. The van der Waals surface area contributed by atoms with Gasteiger partial charge < -0.3 is 5.32 Å². The molecule has 3 heteroatoms. The molecule has 0 spiro atoms. The SMILES string of the molecule is c1ccc2cc(CNCc3cn[nH]c3)ccc2c1. The second-order valence-corrected chi connectivity index (χ2v) is 4.39. The molecule has 90 valence electrons. The average Bonchev–Trinajstić information content (AvgIpc) is 2.92. The lowest BCUT2D eigenvalue weighted by Gasteiger charge is -2.05. The first-order valence-corrected chi connectivity index (χ1v) is 6.08. The Morgan fingerprint density at radius 3 is 2.61 bits per heavy atom. The molecule has 18 heavy (non-hydrogen) atoms. The van der Waals surface area contributed by atoms with Crippen LogP contribution in [0.25, 0.3) is 10.8 Å². The van der Waals surface area contributed by atoms with Crippen molar-refractivity contribution in [3.05, 3.63) is 66.0 Å². The molecular weight excluding hydrogens is 222 g/mol. The second kappa shape index (κ2) is 5.02. The Bertz CT molecular complexity index is 629. The standard InChI is InChI=1S/C15H15N3/c1-2-4-15-7-12(5-6-14(15)3-1)8-16-9-13-10-17-18-11-13/h1-7,10-11,16H,8-9H2,(H,17,18). The number of aromatic amines is 1. The smallest absolute Gasteiger partial charge is 0.0532 e. The molecule has 0 amide bonds. The van der Waals surface area contributed by atoms with E-state index in [0.717, 1.165) is 13.1 Å². The van der Waals surface area contributed by atoms with Gasteiger partial charge >= 0.3 is 0 Å². The summed E-state index contributed by atoms with van der Waals surface area (Å²) in [6.07, 6.45) is 3.75. The van der Waals surface area contributed by atoms with Crippen LogP contribution in [0.2, 0.25) is 0 Å². The van der Waals surface area contributed by atoms with E-state index < -0.39 is 0 Å². The van der Waals surface area contributed by atoms with Crippen LogP contribution in [-0.2, 0) is 13.1 Å². The number of hydrogen-bond donors (Lipinski definition) is 2. The monoisotopic (exact) mass is 237 g/mol. The molecular formula is C15H15N3. The minimum atomic E-state index is 0.837. The Balaban J connectivity index is 1.67. The molecule has 0 saturated carbocycles. The summed E-state index contributed by atoms with van der Waals surface area (Å²) in [5, 5.41) is 12.7. The Hall–Kier alpha value is -2.13. The Kier molecular flexibility index (Phi) is 3.07. The van der Waals surface area contributed by atoms with Crippen molar-refractivity contribution >= 4 is 10.8 Å². The molecule has 0 aliphatic carbocycles. The summed E-state index contributed by atoms with van der Waals surface area (Å²) in [6, 6.07) is 15.0. The van der Waals surface area contributed by atoms with Crippen molar-refractivity contribution in [1.82, 2.24) is 15.5 Å². The third-order valence-corrected chi connectivity index (χ3v) is 3.03. The maximum atomic E-state index is 3.92. The van der Waals surface area contributed by atoms with Gasteiger partial charge in [-0.05, 0) is 22.4 Å². The molecule has 0 unspecified atom stereocenters. The molecule has 2 aromatic carbocycles. The first kappa shape index (κ1) is 11.0. The van der Waals surface area contributed by atoms with Crippen LogP contribution < -0.4 is 5.32 Å². The van der Waals surface area contributed by atoms with Gasteiger partial charge in [0.2, 0.25) is 0 Å². The highest BCUT2D eigenvalue weighted by atomic mass is 15.1. The quantitative estimate of drug-likeness (QED) is 0.732. The topological polar surface area (TPSA) is 40.7 Å². The van der Waals surface area contributed by atoms with E-state index in [1.54, 1.807) is 0 Å². The van der Waals surface area contributed by atoms with Gasteiger partial charge in [-0.15, -0.1) is 0 Å². The summed E-state index contributed by atoms with van der Waals surface area (Å²) in [7, 11) is 0. The Morgan fingerprint density at radius 2 is 1.78 bits per heavy atom. The zero-order chi connectivity index (χ0) is 12.2. The maximum Gasteiger partial charge on any atom is 0.0532 e. The van der Waals surface area contributed by atoms with Gasteiger partial charge in [0.05, 0.1) is 6.20 Å².